The van der Waals surface area contributed by atoms with E-state index in [1.165, 1.54) is 19.1 Å². The Bertz CT molecular complexity index is 564. The summed E-state index contributed by atoms with van der Waals surface area (Å²) in [5.41, 5.74) is 0.341. The Labute approximate surface area is 116 Å². The van der Waals surface area contributed by atoms with Crippen molar-refractivity contribution in [2.45, 2.75) is 13.8 Å². The van der Waals surface area contributed by atoms with Crippen LogP contribution in [0.15, 0.2) is 24.3 Å². The summed E-state index contributed by atoms with van der Waals surface area (Å²) >= 11 is 0. The van der Waals surface area contributed by atoms with Crippen molar-refractivity contribution in [2.75, 3.05) is 12.4 Å². The van der Waals surface area contributed by atoms with Crippen LogP contribution in [0.1, 0.15) is 24.2 Å². The van der Waals surface area contributed by atoms with E-state index in [9.17, 15) is 19.2 Å². The Balaban J connectivity index is 3.22. The van der Waals surface area contributed by atoms with Gasteiger partial charge in [-0.15, -0.1) is 0 Å². The number of ketones is 2. The predicted molar refractivity (Wildman–Crippen MR) is 71.3 cm³/mol. The summed E-state index contributed by atoms with van der Waals surface area (Å²) in [6, 6.07) is 6.16. The van der Waals surface area contributed by atoms with Crippen molar-refractivity contribution >= 4 is 29.1 Å². The van der Waals surface area contributed by atoms with Gasteiger partial charge < -0.3 is 10.1 Å². The Kier molecular flexibility index (Phi) is 5.14. The fraction of sp³-hybridized carbons (Fsp3) is 0.286. The number of ether oxygens (including phenoxy) is 1. The van der Waals surface area contributed by atoms with E-state index >= 15 is 0 Å². The molecule has 106 valence electrons. The number of amides is 1. The summed E-state index contributed by atoms with van der Waals surface area (Å²) in [4.78, 5) is 46.5. The van der Waals surface area contributed by atoms with E-state index < -0.39 is 23.5 Å². The summed E-state index contributed by atoms with van der Waals surface area (Å²) in [6.45, 7) is 2.44. The molecule has 6 nitrogen and oxygen atoms in total. The van der Waals surface area contributed by atoms with Crippen LogP contribution in [0.3, 0.4) is 0 Å². The number of esters is 1. The number of methoxy groups -OCH3 is 1. The van der Waals surface area contributed by atoms with Crippen LogP contribution in [-0.4, -0.2) is 30.6 Å². The highest BCUT2D eigenvalue weighted by Crippen LogP contribution is 2.20. The fourth-order valence-electron chi connectivity index (χ4n) is 1.73. The lowest BCUT2D eigenvalue weighted by Crippen LogP contribution is -2.32. The first-order chi connectivity index (χ1) is 9.38. The minimum atomic E-state index is -1.52. The van der Waals surface area contributed by atoms with Crippen LogP contribution in [0.5, 0.6) is 0 Å². The molecule has 6 heteroatoms. The molecule has 20 heavy (non-hydrogen) atoms. The second-order valence-corrected chi connectivity index (χ2v) is 4.16. The quantitative estimate of drug-likeness (QED) is 0.496. The van der Waals surface area contributed by atoms with E-state index in [0.717, 1.165) is 14.0 Å². The van der Waals surface area contributed by atoms with Crippen LogP contribution in [0.25, 0.3) is 0 Å². The molecule has 0 aromatic heterocycles. The van der Waals surface area contributed by atoms with Crippen LogP contribution >= 0.6 is 0 Å². The average molecular weight is 277 g/mol. The minimum Gasteiger partial charge on any atom is -0.468 e. The smallest absolute Gasteiger partial charge is 0.324 e. The van der Waals surface area contributed by atoms with Gasteiger partial charge in [0.25, 0.3) is 0 Å². The molecule has 1 unspecified atom stereocenters. The lowest BCUT2D eigenvalue weighted by molar-refractivity contribution is -0.146. The van der Waals surface area contributed by atoms with Gasteiger partial charge in [0.15, 0.2) is 17.5 Å². The molecule has 1 aromatic carbocycles. The summed E-state index contributed by atoms with van der Waals surface area (Å²) < 4.78 is 4.47. The van der Waals surface area contributed by atoms with Gasteiger partial charge in [-0.25, -0.2) is 0 Å². The third-order valence-corrected chi connectivity index (χ3v) is 2.61. The van der Waals surface area contributed by atoms with Crippen LogP contribution in [0.2, 0.25) is 0 Å². The molecule has 1 aromatic rings. The summed E-state index contributed by atoms with van der Waals surface area (Å²) in [5.74, 6) is -4.11. The number of nitrogens with one attached hydrogen (secondary N) is 1. The van der Waals surface area contributed by atoms with E-state index in [4.69, 9.17) is 0 Å². The van der Waals surface area contributed by atoms with Crippen molar-refractivity contribution in [1.29, 1.82) is 0 Å². The molecule has 0 fully saturated rings. The molecular weight excluding hydrogens is 262 g/mol. The van der Waals surface area contributed by atoms with E-state index in [2.05, 4.69) is 10.1 Å². The van der Waals surface area contributed by atoms with Crippen molar-refractivity contribution in [2.24, 2.45) is 5.92 Å². The van der Waals surface area contributed by atoms with Gasteiger partial charge in [0.05, 0.1) is 12.8 Å². The molecule has 0 radical (unpaired) electrons. The Morgan fingerprint density at radius 3 is 2.20 bits per heavy atom. The molecule has 0 aliphatic rings. The molecule has 0 heterocycles. The zero-order valence-electron chi connectivity index (χ0n) is 11.4. The van der Waals surface area contributed by atoms with Gasteiger partial charge in [0.1, 0.15) is 0 Å². The predicted octanol–water partition coefficient (Wildman–Crippen LogP) is 1.21. The third-order valence-electron chi connectivity index (χ3n) is 2.61. The van der Waals surface area contributed by atoms with Crippen molar-refractivity contribution < 1.29 is 23.9 Å². The van der Waals surface area contributed by atoms with Gasteiger partial charge in [-0.2, -0.15) is 0 Å². The number of carbonyl (C=O) groups is 4. The van der Waals surface area contributed by atoms with Crippen molar-refractivity contribution in [3.63, 3.8) is 0 Å². The molecule has 0 saturated carbocycles. The van der Waals surface area contributed by atoms with Gasteiger partial charge in [0.2, 0.25) is 5.91 Å². The molecule has 1 atom stereocenters. The van der Waals surface area contributed by atoms with Crippen LogP contribution in [-0.2, 0) is 19.1 Å². The summed E-state index contributed by atoms with van der Waals surface area (Å²) in [7, 11) is 1.10. The number of hydrogen-bond acceptors (Lipinski definition) is 5. The molecule has 0 aliphatic carbocycles. The van der Waals surface area contributed by atoms with Crippen LogP contribution in [0.4, 0.5) is 5.69 Å². The summed E-state index contributed by atoms with van der Waals surface area (Å²) in [5, 5.41) is 2.48. The number of para-hydroxylation sites is 1. The third kappa shape index (κ3) is 3.50. The highest BCUT2D eigenvalue weighted by atomic mass is 16.5. The number of benzene rings is 1. The molecule has 1 rings (SSSR count). The van der Waals surface area contributed by atoms with Gasteiger partial charge in [-0.3, -0.25) is 19.2 Å². The number of rotatable bonds is 5. The molecule has 0 aliphatic heterocycles. The lowest BCUT2D eigenvalue weighted by atomic mass is 9.93. The lowest BCUT2D eigenvalue weighted by Gasteiger charge is -2.13. The first-order valence-electron chi connectivity index (χ1n) is 5.87. The maximum Gasteiger partial charge on any atom is 0.324 e. The summed E-state index contributed by atoms with van der Waals surface area (Å²) in [6.07, 6.45) is 0. The highest BCUT2D eigenvalue weighted by Gasteiger charge is 2.34. The number of anilines is 1. The van der Waals surface area contributed by atoms with Gasteiger partial charge in [-0.05, 0) is 19.1 Å². The van der Waals surface area contributed by atoms with E-state index in [-0.39, 0.29) is 17.2 Å². The van der Waals surface area contributed by atoms with Crippen LogP contribution in [0, 0.1) is 5.92 Å². The molecule has 0 bridgehead atoms. The SMILES string of the molecule is COC(=O)C(C(C)=O)C(=O)c1ccccc1NC(C)=O. The fourth-order valence-corrected chi connectivity index (χ4v) is 1.73. The van der Waals surface area contributed by atoms with Gasteiger partial charge in [-0.1, -0.05) is 12.1 Å². The normalized spacial score (nSPS) is 11.3. The average Bonchev–Trinajstić information content (AvgIpc) is 2.38. The molecule has 1 N–H and O–H groups in total. The number of hydrogen-bond donors (Lipinski definition) is 1. The van der Waals surface area contributed by atoms with E-state index in [0.29, 0.717) is 0 Å². The molecule has 0 spiro atoms. The Hall–Kier alpha value is -2.50. The van der Waals surface area contributed by atoms with Gasteiger partial charge in [0, 0.05) is 12.5 Å². The maximum atomic E-state index is 12.3. The Morgan fingerprint density at radius 2 is 1.70 bits per heavy atom. The molecule has 1 amide bonds. The first kappa shape index (κ1) is 15.6. The van der Waals surface area contributed by atoms with Crippen molar-refractivity contribution in [1.82, 2.24) is 0 Å². The monoisotopic (exact) mass is 277 g/mol. The standard InChI is InChI=1S/C14H15NO5/c1-8(16)12(14(19)20-3)13(18)10-6-4-5-7-11(10)15-9(2)17/h4-7,12H,1-3H3,(H,15,17). The Morgan fingerprint density at radius 1 is 1.10 bits per heavy atom. The number of carbonyl (C=O) groups excluding carboxylic acids is 4. The first-order valence-corrected chi connectivity index (χ1v) is 5.87. The zero-order chi connectivity index (χ0) is 15.3. The van der Waals surface area contributed by atoms with E-state index in [1.54, 1.807) is 12.1 Å². The molecule has 0 saturated heterocycles. The second kappa shape index (κ2) is 6.60. The van der Waals surface area contributed by atoms with Crippen molar-refractivity contribution in [3.05, 3.63) is 29.8 Å². The highest BCUT2D eigenvalue weighted by molar-refractivity contribution is 6.23. The largest absolute Gasteiger partial charge is 0.468 e. The van der Waals surface area contributed by atoms with E-state index in [1.807, 2.05) is 0 Å². The topological polar surface area (TPSA) is 89.5 Å². The molecular formula is C14H15NO5. The maximum absolute atomic E-state index is 12.3. The van der Waals surface area contributed by atoms with Gasteiger partial charge >= 0.3 is 5.97 Å². The minimum absolute atomic E-state index is 0.0910. The van der Waals surface area contributed by atoms with Crippen LogP contribution < -0.4 is 5.32 Å². The van der Waals surface area contributed by atoms with Crippen molar-refractivity contribution in [3.8, 4) is 0 Å². The second-order valence-electron chi connectivity index (χ2n) is 4.16. The zero-order valence-corrected chi connectivity index (χ0v) is 11.4. The number of Topliss-reactive ketones (excluding diaryl/α,β-unsaturated/α-hetero) is 2.